The van der Waals surface area contributed by atoms with Gasteiger partial charge in [0.2, 0.25) is 5.91 Å². The van der Waals surface area contributed by atoms with Crippen molar-refractivity contribution in [2.75, 3.05) is 26.7 Å². The first-order valence-electron chi connectivity index (χ1n) is 6.99. The van der Waals surface area contributed by atoms with Gasteiger partial charge in [-0.05, 0) is 39.7 Å². The average Bonchev–Trinajstić information content (AvgIpc) is 2.26. The molecule has 2 fully saturated rings. The van der Waals surface area contributed by atoms with E-state index in [0.29, 0.717) is 10.9 Å². The number of carbonyl (C=O) groups is 1. The molecule has 0 aromatic rings. The van der Waals surface area contributed by atoms with Gasteiger partial charge in [-0.15, -0.1) is 0 Å². The van der Waals surface area contributed by atoms with Gasteiger partial charge in [0, 0.05) is 25.2 Å². The smallest absolute Gasteiger partial charge is 0.235 e. The van der Waals surface area contributed by atoms with E-state index in [1.54, 1.807) is 0 Å². The fourth-order valence-corrected chi connectivity index (χ4v) is 3.58. The quantitative estimate of drug-likeness (QED) is 0.775. The van der Waals surface area contributed by atoms with E-state index in [0.717, 1.165) is 32.5 Å². The van der Waals surface area contributed by atoms with E-state index in [9.17, 15) is 4.79 Å². The number of piperazine rings is 1. The highest BCUT2D eigenvalue weighted by Gasteiger charge is 2.53. The van der Waals surface area contributed by atoms with Gasteiger partial charge in [0.15, 0.2) is 0 Å². The minimum atomic E-state index is -0.555. The molecule has 0 bridgehead atoms. The Morgan fingerprint density at radius 3 is 2.32 bits per heavy atom. The van der Waals surface area contributed by atoms with E-state index in [1.165, 1.54) is 0 Å². The second-order valence-corrected chi connectivity index (χ2v) is 7.36. The largest absolute Gasteiger partial charge is 0.392 e. The summed E-state index contributed by atoms with van der Waals surface area (Å²) < 4.78 is 0. The first kappa shape index (κ1) is 14.7. The first-order chi connectivity index (χ1) is 8.69. The maximum absolute atomic E-state index is 12.8. The molecule has 1 heterocycles. The van der Waals surface area contributed by atoms with Crippen molar-refractivity contribution in [3.63, 3.8) is 0 Å². The standard InChI is InChI=1S/C14H25N3OS/c1-10-7-14(8-10,11(15)19)12(18)17-6-5-16(4)13(2,3)9-17/h10H,5-9H2,1-4H3,(H2,15,19). The zero-order valence-corrected chi connectivity index (χ0v) is 13.2. The maximum atomic E-state index is 12.8. The summed E-state index contributed by atoms with van der Waals surface area (Å²) in [5.74, 6) is 0.699. The second kappa shape index (κ2) is 4.70. The Morgan fingerprint density at radius 2 is 1.89 bits per heavy atom. The van der Waals surface area contributed by atoms with Crippen LogP contribution in [0.25, 0.3) is 0 Å². The van der Waals surface area contributed by atoms with Gasteiger partial charge in [-0.1, -0.05) is 19.1 Å². The summed E-state index contributed by atoms with van der Waals surface area (Å²) >= 11 is 5.18. The third kappa shape index (κ3) is 2.38. The summed E-state index contributed by atoms with van der Waals surface area (Å²) in [6.45, 7) is 8.92. The molecule has 0 aromatic carbocycles. The van der Waals surface area contributed by atoms with E-state index < -0.39 is 5.41 Å². The summed E-state index contributed by atoms with van der Waals surface area (Å²) in [6, 6.07) is 0. The highest BCUT2D eigenvalue weighted by atomic mass is 32.1. The van der Waals surface area contributed by atoms with Gasteiger partial charge in [0.25, 0.3) is 0 Å². The molecule has 1 aliphatic heterocycles. The molecule has 2 rings (SSSR count). The highest BCUT2D eigenvalue weighted by molar-refractivity contribution is 7.80. The summed E-state index contributed by atoms with van der Waals surface area (Å²) in [4.78, 5) is 17.5. The minimum absolute atomic E-state index is 0.0146. The lowest BCUT2D eigenvalue weighted by molar-refractivity contribution is -0.148. The molecule has 0 radical (unpaired) electrons. The van der Waals surface area contributed by atoms with Crippen LogP contribution in [0.15, 0.2) is 0 Å². The number of hydrogen-bond acceptors (Lipinski definition) is 3. The zero-order valence-electron chi connectivity index (χ0n) is 12.4. The van der Waals surface area contributed by atoms with Crippen LogP contribution in [-0.4, -0.2) is 52.9 Å². The Bertz CT molecular complexity index is 401. The third-order valence-corrected chi connectivity index (χ3v) is 5.27. The Balaban J connectivity index is 2.14. The molecule has 1 aliphatic carbocycles. The molecule has 2 N–H and O–H groups in total. The van der Waals surface area contributed by atoms with E-state index in [1.807, 2.05) is 4.90 Å². The topological polar surface area (TPSA) is 49.6 Å². The molecule has 19 heavy (non-hydrogen) atoms. The van der Waals surface area contributed by atoms with Crippen LogP contribution in [0.5, 0.6) is 0 Å². The van der Waals surface area contributed by atoms with Crippen LogP contribution in [-0.2, 0) is 4.79 Å². The van der Waals surface area contributed by atoms with Crippen LogP contribution < -0.4 is 5.73 Å². The molecular weight excluding hydrogens is 258 g/mol. The van der Waals surface area contributed by atoms with Crippen LogP contribution in [0.4, 0.5) is 0 Å². The zero-order chi connectivity index (χ0) is 14.4. The van der Waals surface area contributed by atoms with Gasteiger partial charge in [0.05, 0.1) is 10.4 Å². The molecule has 1 amide bonds. The van der Waals surface area contributed by atoms with Crippen molar-refractivity contribution < 1.29 is 4.79 Å². The van der Waals surface area contributed by atoms with Crippen LogP contribution in [0.1, 0.15) is 33.6 Å². The fourth-order valence-electron chi connectivity index (χ4n) is 3.33. The van der Waals surface area contributed by atoms with Gasteiger partial charge < -0.3 is 10.6 Å². The molecule has 0 unspecified atom stereocenters. The van der Waals surface area contributed by atoms with E-state index in [4.69, 9.17) is 18.0 Å². The van der Waals surface area contributed by atoms with Crippen molar-refractivity contribution in [2.24, 2.45) is 17.1 Å². The van der Waals surface area contributed by atoms with Crippen LogP contribution in [0.3, 0.4) is 0 Å². The number of rotatable bonds is 2. The van der Waals surface area contributed by atoms with Gasteiger partial charge in [-0.3, -0.25) is 9.69 Å². The lowest BCUT2D eigenvalue weighted by Gasteiger charge is -2.51. The van der Waals surface area contributed by atoms with Crippen molar-refractivity contribution in [1.82, 2.24) is 9.80 Å². The lowest BCUT2D eigenvalue weighted by Crippen LogP contribution is -2.64. The molecule has 108 valence electrons. The van der Waals surface area contributed by atoms with E-state index in [-0.39, 0.29) is 11.4 Å². The molecule has 5 heteroatoms. The molecular formula is C14H25N3OS. The van der Waals surface area contributed by atoms with Crippen LogP contribution >= 0.6 is 12.2 Å². The molecule has 0 aromatic heterocycles. The van der Waals surface area contributed by atoms with Crippen molar-refractivity contribution >= 4 is 23.1 Å². The summed E-state index contributed by atoms with van der Waals surface area (Å²) in [5, 5.41) is 0. The van der Waals surface area contributed by atoms with Gasteiger partial charge in [-0.25, -0.2) is 0 Å². The van der Waals surface area contributed by atoms with Crippen molar-refractivity contribution in [1.29, 1.82) is 0 Å². The summed E-state index contributed by atoms with van der Waals surface area (Å²) in [7, 11) is 2.11. The highest BCUT2D eigenvalue weighted by Crippen LogP contribution is 2.47. The third-order valence-electron chi connectivity index (χ3n) is 4.88. The van der Waals surface area contributed by atoms with E-state index >= 15 is 0 Å². The SMILES string of the molecule is CC1CC(C(=O)N2CCN(C)C(C)(C)C2)(C(N)=S)C1. The predicted octanol–water partition coefficient (Wildman–Crippen LogP) is 1.24. The van der Waals surface area contributed by atoms with Gasteiger partial charge >= 0.3 is 0 Å². The number of nitrogens with two attached hydrogens (primary N) is 1. The van der Waals surface area contributed by atoms with Crippen molar-refractivity contribution in [3.05, 3.63) is 0 Å². The Labute approximate surface area is 121 Å². The number of hydrogen-bond donors (Lipinski definition) is 1. The van der Waals surface area contributed by atoms with E-state index in [2.05, 4.69) is 32.7 Å². The van der Waals surface area contributed by atoms with Crippen molar-refractivity contribution in [3.8, 4) is 0 Å². The number of amides is 1. The number of carbonyl (C=O) groups excluding carboxylic acids is 1. The van der Waals surface area contributed by atoms with Crippen LogP contribution in [0, 0.1) is 11.3 Å². The fraction of sp³-hybridized carbons (Fsp3) is 0.857. The molecule has 0 atom stereocenters. The monoisotopic (exact) mass is 283 g/mol. The summed E-state index contributed by atoms with van der Waals surface area (Å²) in [6.07, 6.45) is 1.63. The van der Waals surface area contributed by atoms with Crippen LogP contribution in [0.2, 0.25) is 0 Å². The normalized spacial score (nSPS) is 34.7. The molecule has 1 saturated carbocycles. The van der Waals surface area contributed by atoms with Gasteiger partial charge in [-0.2, -0.15) is 0 Å². The first-order valence-corrected chi connectivity index (χ1v) is 7.40. The lowest BCUT2D eigenvalue weighted by atomic mass is 9.61. The molecule has 0 spiro atoms. The minimum Gasteiger partial charge on any atom is -0.392 e. The summed E-state index contributed by atoms with van der Waals surface area (Å²) in [5.41, 5.74) is 5.33. The molecule has 4 nitrogen and oxygen atoms in total. The van der Waals surface area contributed by atoms with Crippen molar-refractivity contribution in [2.45, 2.75) is 39.2 Å². The van der Waals surface area contributed by atoms with Gasteiger partial charge in [0.1, 0.15) is 0 Å². The Morgan fingerprint density at radius 1 is 1.32 bits per heavy atom. The number of nitrogens with zero attached hydrogens (tertiary/aromatic N) is 2. The maximum Gasteiger partial charge on any atom is 0.235 e. The Kier molecular flexibility index (Phi) is 3.64. The number of thiocarbonyl (C=S) groups is 1. The second-order valence-electron chi connectivity index (χ2n) is 6.92. The molecule has 1 saturated heterocycles. The molecule has 2 aliphatic rings. The average molecular weight is 283 g/mol. The predicted molar refractivity (Wildman–Crippen MR) is 80.9 cm³/mol. The Hall–Kier alpha value is -0.680. The number of likely N-dealkylation sites (N-methyl/N-ethyl adjacent to an activating group) is 1.